The zero-order valence-corrected chi connectivity index (χ0v) is 12.1. The average Bonchev–Trinajstić information content (AvgIpc) is 2.49. The van der Waals surface area contributed by atoms with Crippen LogP contribution in [-0.4, -0.2) is 19.7 Å². The van der Waals surface area contributed by atoms with Gasteiger partial charge in [-0.05, 0) is 37.8 Å². The van der Waals surface area contributed by atoms with Crippen LogP contribution in [0.25, 0.3) is 0 Å². The number of benzene rings is 1. The Morgan fingerprint density at radius 1 is 1.16 bits per heavy atom. The number of hydrogen-bond donors (Lipinski definition) is 1. The number of ether oxygens (including phenoxy) is 1. The van der Waals surface area contributed by atoms with Gasteiger partial charge in [0.15, 0.2) is 0 Å². The van der Waals surface area contributed by atoms with Crippen molar-refractivity contribution >= 4 is 0 Å². The number of nitrogens with one attached hydrogen (secondary N) is 1. The van der Waals surface area contributed by atoms with E-state index in [2.05, 4.69) is 36.5 Å². The van der Waals surface area contributed by atoms with Gasteiger partial charge in [0.05, 0.1) is 12.7 Å². The molecule has 1 aromatic rings. The van der Waals surface area contributed by atoms with E-state index >= 15 is 0 Å². The van der Waals surface area contributed by atoms with Crippen LogP contribution in [0.3, 0.4) is 0 Å². The molecule has 106 valence electrons. The predicted octanol–water partition coefficient (Wildman–Crippen LogP) is 3.93. The largest absolute Gasteiger partial charge is 0.373 e. The van der Waals surface area contributed by atoms with Gasteiger partial charge in [-0.15, -0.1) is 0 Å². The predicted molar refractivity (Wildman–Crippen MR) is 80.3 cm³/mol. The smallest absolute Gasteiger partial charge is 0.0797 e. The molecule has 1 saturated carbocycles. The lowest BCUT2D eigenvalue weighted by atomic mass is 9.89. The van der Waals surface area contributed by atoms with E-state index in [0.29, 0.717) is 0 Å². The Balaban J connectivity index is 1.54. The minimum atomic E-state index is 0.192. The van der Waals surface area contributed by atoms with E-state index in [4.69, 9.17) is 4.74 Å². The van der Waals surface area contributed by atoms with Crippen molar-refractivity contribution in [2.45, 2.75) is 45.1 Å². The lowest BCUT2D eigenvalue weighted by molar-refractivity contribution is 0.0671. The van der Waals surface area contributed by atoms with Crippen molar-refractivity contribution in [3.63, 3.8) is 0 Å². The Bertz CT molecular complexity index is 332. The second kappa shape index (κ2) is 8.34. The summed E-state index contributed by atoms with van der Waals surface area (Å²) in [7, 11) is 0. The minimum Gasteiger partial charge on any atom is -0.373 e. The van der Waals surface area contributed by atoms with E-state index in [9.17, 15) is 0 Å². The summed E-state index contributed by atoms with van der Waals surface area (Å²) in [6, 6.07) is 10.4. The van der Waals surface area contributed by atoms with Crippen molar-refractivity contribution in [3.8, 4) is 0 Å². The molecule has 0 heterocycles. The zero-order valence-electron chi connectivity index (χ0n) is 12.1. The van der Waals surface area contributed by atoms with Crippen molar-refractivity contribution in [1.82, 2.24) is 5.32 Å². The van der Waals surface area contributed by atoms with Crippen LogP contribution >= 0.6 is 0 Å². The summed E-state index contributed by atoms with van der Waals surface area (Å²) in [5, 5.41) is 3.54. The molecule has 1 aromatic carbocycles. The van der Waals surface area contributed by atoms with Crippen LogP contribution in [0.4, 0.5) is 0 Å². The summed E-state index contributed by atoms with van der Waals surface area (Å²) in [5.74, 6) is 0.903. The summed E-state index contributed by atoms with van der Waals surface area (Å²) in [6.45, 7) is 5.05. The maximum Gasteiger partial charge on any atom is 0.0797 e. The molecule has 1 aliphatic rings. The first-order valence-corrected chi connectivity index (χ1v) is 7.73. The van der Waals surface area contributed by atoms with Gasteiger partial charge in [0.2, 0.25) is 0 Å². The molecule has 1 aliphatic carbocycles. The van der Waals surface area contributed by atoms with Crippen molar-refractivity contribution < 1.29 is 4.74 Å². The second-order valence-electron chi connectivity index (χ2n) is 5.63. The molecule has 2 nitrogen and oxygen atoms in total. The van der Waals surface area contributed by atoms with Gasteiger partial charge in [-0.1, -0.05) is 49.6 Å². The fourth-order valence-corrected chi connectivity index (χ4v) is 2.83. The molecule has 0 bridgehead atoms. The minimum absolute atomic E-state index is 0.192. The van der Waals surface area contributed by atoms with Gasteiger partial charge >= 0.3 is 0 Å². The molecule has 1 fully saturated rings. The van der Waals surface area contributed by atoms with Crippen LogP contribution in [-0.2, 0) is 4.74 Å². The van der Waals surface area contributed by atoms with Crippen LogP contribution < -0.4 is 5.32 Å². The molecule has 1 atom stereocenters. The van der Waals surface area contributed by atoms with Gasteiger partial charge in [-0.3, -0.25) is 0 Å². The van der Waals surface area contributed by atoms with Crippen LogP contribution in [0.2, 0.25) is 0 Å². The molecule has 19 heavy (non-hydrogen) atoms. The SMILES string of the molecule is CC(OCCNCC1CCCCC1)c1ccccc1. The van der Waals surface area contributed by atoms with Crippen molar-refractivity contribution in [3.05, 3.63) is 35.9 Å². The first-order valence-electron chi connectivity index (χ1n) is 7.73. The Labute approximate surface area is 117 Å². The number of hydrogen-bond acceptors (Lipinski definition) is 2. The van der Waals surface area contributed by atoms with Crippen molar-refractivity contribution in [1.29, 1.82) is 0 Å². The molecule has 0 radical (unpaired) electrons. The third kappa shape index (κ3) is 5.33. The van der Waals surface area contributed by atoms with E-state index < -0.39 is 0 Å². The van der Waals surface area contributed by atoms with E-state index in [1.807, 2.05) is 6.07 Å². The van der Waals surface area contributed by atoms with Crippen LogP contribution in [0.5, 0.6) is 0 Å². The summed E-state index contributed by atoms with van der Waals surface area (Å²) >= 11 is 0. The topological polar surface area (TPSA) is 21.3 Å². The van der Waals surface area contributed by atoms with Gasteiger partial charge in [0.25, 0.3) is 0 Å². The lowest BCUT2D eigenvalue weighted by Gasteiger charge is -2.22. The fraction of sp³-hybridized carbons (Fsp3) is 0.647. The molecule has 0 spiro atoms. The molecular weight excluding hydrogens is 234 g/mol. The Morgan fingerprint density at radius 3 is 2.63 bits per heavy atom. The third-order valence-corrected chi connectivity index (χ3v) is 4.07. The van der Waals surface area contributed by atoms with Gasteiger partial charge < -0.3 is 10.1 Å². The van der Waals surface area contributed by atoms with Crippen LogP contribution in [0.1, 0.15) is 50.7 Å². The molecule has 1 unspecified atom stereocenters. The Hall–Kier alpha value is -0.860. The fourth-order valence-electron chi connectivity index (χ4n) is 2.83. The van der Waals surface area contributed by atoms with E-state index in [-0.39, 0.29) is 6.10 Å². The van der Waals surface area contributed by atoms with E-state index in [0.717, 1.165) is 19.1 Å². The van der Waals surface area contributed by atoms with Gasteiger partial charge in [-0.2, -0.15) is 0 Å². The quantitative estimate of drug-likeness (QED) is 0.751. The van der Waals surface area contributed by atoms with Crippen molar-refractivity contribution in [2.75, 3.05) is 19.7 Å². The molecule has 2 rings (SSSR count). The molecule has 0 amide bonds. The summed E-state index contributed by atoms with van der Waals surface area (Å²) < 4.78 is 5.85. The summed E-state index contributed by atoms with van der Waals surface area (Å²) in [4.78, 5) is 0. The van der Waals surface area contributed by atoms with E-state index in [1.54, 1.807) is 0 Å². The second-order valence-corrected chi connectivity index (χ2v) is 5.63. The van der Waals surface area contributed by atoms with Gasteiger partial charge in [0.1, 0.15) is 0 Å². The molecule has 1 N–H and O–H groups in total. The normalized spacial score (nSPS) is 18.4. The maximum absolute atomic E-state index is 5.85. The highest BCUT2D eigenvalue weighted by Crippen LogP contribution is 2.22. The van der Waals surface area contributed by atoms with Crippen molar-refractivity contribution in [2.24, 2.45) is 5.92 Å². The number of rotatable bonds is 7. The molecular formula is C17H27NO. The zero-order chi connectivity index (χ0) is 13.3. The van der Waals surface area contributed by atoms with E-state index in [1.165, 1.54) is 44.2 Å². The first kappa shape index (κ1) is 14.5. The first-order chi connectivity index (χ1) is 9.36. The Morgan fingerprint density at radius 2 is 1.89 bits per heavy atom. The van der Waals surface area contributed by atoms with Gasteiger partial charge in [0, 0.05) is 6.54 Å². The monoisotopic (exact) mass is 261 g/mol. The highest BCUT2D eigenvalue weighted by atomic mass is 16.5. The highest BCUT2D eigenvalue weighted by Gasteiger charge is 2.12. The molecule has 0 aliphatic heterocycles. The molecule has 0 saturated heterocycles. The summed E-state index contributed by atoms with van der Waals surface area (Å²) in [5.41, 5.74) is 1.26. The van der Waals surface area contributed by atoms with Crippen LogP contribution in [0, 0.1) is 5.92 Å². The summed E-state index contributed by atoms with van der Waals surface area (Å²) in [6.07, 6.45) is 7.30. The molecule has 2 heteroatoms. The molecule has 0 aromatic heterocycles. The average molecular weight is 261 g/mol. The highest BCUT2D eigenvalue weighted by molar-refractivity contribution is 5.16. The lowest BCUT2D eigenvalue weighted by Crippen LogP contribution is -2.27. The van der Waals surface area contributed by atoms with Gasteiger partial charge in [-0.25, -0.2) is 0 Å². The van der Waals surface area contributed by atoms with Crippen LogP contribution in [0.15, 0.2) is 30.3 Å². The maximum atomic E-state index is 5.85. The third-order valence-electron chi connectivity index (χ3n) is 4.07. The standard InChI is InChI=1S/C17H27NO/c1-15(17-10-6-3-7-11-17)19-13-12-18-14-16-8-4-2-5-9-16/h3,6-7,10-11,15-16,18H,2,4-5,8-9,12-14H2,1H3. The Kier molecular flexibility index (Phi) is 6.38.